The van der Waals surface area contributed by atoms with Crippen LogP contribution in [0.5, 0.6) is 11.5 Å². The highest BCUT2D eigenvalue weighted by Crippen LogP contribution is 2.35. The summed E-state index contributed by atoms with van der Waals surface area (Å²) in [5.41, 5.74) is 2.16. The van der Waals surface area contributed by atoms with Gasteiger partial charge in [0.25, 0.3) is 0 Å². The third-order valence-electron chi connectivity index (χ3n) is 5.09. The van der Waals surface area contributed by atoms with Crippen molar-refractivity contribution in [1.29, 1.82) is 0 Å². The van der Waals surface area contributed by atoms with E-state index in [1.54, 1.807) is 12.1 Å². The van der Waals surface area contributed by atoms with Crippen LogP contribution in [-0.4, -0.2) is 27.5 Å². The van der Waals surface area contributed by atoms with Crippen LogP contribution in [0.1, 0.15) is 37.4 Å². The lowest BCUT2D eigenvalue weighted by molar-refractivity contribution is -0.115. The first-order chi connectivity index (χ1) is 13.8. The minimum Gasteiger partial charge on any atom is -0.490 e. The van der Waals surface area contributed by atoms with Gasteiger partial charge in [-0.05, 0) is 47.4 Å². The van der Waals surface area contributed by atoms with Crippen molar-refractivity contribution in [1.82, 2.24) is 4.72 Å². The zero-order valence-corrected chi connectivity index (χ0v) is 17.2. The van der Waals surface area contributed by atoms with Gasteiger partial charge < -0.3 is 14.8 Å². The van der Waals surface area contributed by atoms with Crippen LogP contribution in [-0.2, 0) is 21.2 Å². The largest absolute Gasteiger partial charge is 0.490 e. The number of ether oxygens (including phenoxy) is 2. The van der Waals surface area contributed by atoms with Gasteiger partial charge in [0.15, 0.2) is 11.5 Å². The summed E-state index contributed by atoms with van der Waals surface area (Å²) in [6, 6.07) is 9.80. The molecule has 2 aliphatic heterocycles. The molecule has 154 valence electrons. The summed E-state index contributed by atoms with van der Waals surface area (Å²) in [6.45, 7) is 5.08. The second kappa shape index (κ2) is 7.68. The van der Waals surface area contributed by atoms with Crippen molar-refractivity contribution in [2.75, 3.05) is 18.5 Å². The van der Waals surface area contributed by atoms with Crippen LogP contribution in [0, 0.1) is 5.92 Å². The molecule has 8 heteroatoms. The highest BCUT2D eigenvalue weighted by atomic mass is 32.2. The molecule has 29 heavy (non-hydrogen) atoms. The molecule has 1 amide bonds. The Hall–Kier alpha value is -2.58. The van der Waals surface area contributed by atoms with E-state index in [0.29, 0.717) is 36.0 Å². The highest BCUT2D eigenvalue weighted by Gasteiger charge is 2.27. The lowest BCUT2D eigenvalue weighted by Crippen LogP contribution is -2.32. The van der Waals surface area contributed by atoms with Gasteiger partial charge in [-0.2, -0.15) is 0 Å². The van der Waals surface area contributed by atoms with Crippen LogP contribution < -0.4 is 19.5 Å². The highest BCUT2D eigenvalue weighted by molar-refractivity contribution is 7.89. The second-order valence-electron chi connectivity index (χ2n) is 7.64. The van der Waals surface area contributed by atoms with Crippen molar-refractivity contribution in [3.8, 4) is 11.5 Å². The number of nitrogens with one attached hydrogen (secondary N) is 2. The molecular weight excluding hydrogens is 392 g/mol. The Bertz CT molecular complexity index is 1050. The van der Waals surface area contributed by atoms with E-state index in [4.69, 9.17) is 9.47 Å². The lowest BCUT2D eigenvalue weighted by Gasteiger charge is -2.24. The Balaban J connectivity index is 1.62. The predicted molar refractivity (Wildman–Crippen MR) is 109 cm³/mol. The quantitative estimate of drug-likeness (QED) is 0.782. The van der Waals surface area contributed by atoms with Gasteiger partial charge in [-0.25, -0.2) is 13.1 Å². The van der Waals surface area contributed by atoms with Gasteiger partial charge in [-0.1, -0.05) is 19.9 Å². The third-order valence-corrected chi connectivity index (χ3v) is 6.53. The van der Waals surface area contributed by atoms with E-state index in [-0.39, 0.29) is 23.1 Å². The molecule has 4 rings (SSSR count). The molecule has 2 heterocycles. The summed E-state index contributed by atoms with van der Waals surface area (Å²) in [7, 11) is -3.78. The van der Waals surface area contributed by atoms with Crippen LogP contribution in [0.15, 0.2) is 41.3 Å². The first-order valence-corrected chi connectivity index (χ1v) is 11.2. The number of rotatable bonds is 5. The Morgan fingerprint density at radius 2 is 1.79 bits per heavy atom. The summed E-state index contributed by atoms with van der Waals surface area (Å²) in [4.78, 5) is 11.7. The minimum absolute atomic E-state index is 0.00666. The van der Waals surface area contributed by atoms with Gasteiger partial charge >= 0.3 is 0 Å². The minimum atomic E-state index is -3.78. The fraction of sp³-hybridized carbons (Fsp3) is 0.381. The second-order valence-corrected chi connectivity index (χ2v) is 9.36. The van der Waals surface area contributed by atoms with E-state index in [1.165, 1.54) is 6.07 Å². The van der Waals surface area contributed by atoms with Crippen LogP contribution in [0.25, 0.3) is 0 Å². The number of carbonyl (C=O) groups excluding carboxylic acids is 1. The molecule has 0 fully saturated rings. The Labute approximate surface area is 170 Å². The first-order valence-electron chi connectivity index (χ1n) is 9.68. The number of sulfonamides is 1. The van der Waals surface area contributed by atoms with Gasteiger partial charge in [-0.3, -0.25) is 4.79 Å². The van der Waals surface area contributed by atoms with Gasteiger partial charge in [-0.15, -0.1) is 0 Å². The maximum absolute atomic E-state index is 13.1. The van der Waals surface area contributed by atoms with Crippen molar-refractivity contribution in [2.24, 2.45) is 5.92 Å². The van der Waals surface area contributed by atoms with Gasteiger partial charge in [0.05, 0.1) is 24.5 Å². The Morgan fingerprint density at radius 3 is 2.55 bits per heavy atom. The SMILES string of the molecule is CC(C)[C@@H](NS(=O)(=O)c1ccc2c(c1)CC(=O)N2)c1ccc2c(c1)OCCCO2. The van der Waals surface area contributed by atoms with Crippen LogP contribution in [0.4, 0.5) is 5.69 Å². The number of benzene rings is 2. The zero-order valence-electron chi connectivity index (χ0n) is 16.4. The molecule has 7 nitrogen and oxygen atoms in total. The lowest BCUT2D eigenvalue weighted by atomic mass is 9.97. The summed E-state index contributed by atoms with van der Waals surface area (Å²) in [5, 5.41) is 2.72. The smallest absolute Gasteiger partial charge is 0.241 e. The molecule has 0 radical (unpaired) electrons. The first kappa shape index (κ1) is 19.7. The molecule has 2 N–H and O–H groups in total. The van der Waals surface area contributed by atoms with E-state index in [0.717, 1.165) is 12.0 Å². The average Bonchev–Trinajstić information content (AvgIpc) is 2.89. The maximum Gasteiger partial charge on any atom is 0.241 e. The van der Waals surface area contributed by atoms with Crippen molar-refractivity contribution in [2.45, 2.75) is 37.6 Å². The van der Waals surface area contributed by atoms with Crippen molar-refractivity contribution in [3.63, 3.8) is 0 Å². The molecule has 2 aliphatic rings. The standard InChI is InChI=1S/C21H24N2O5S/c1-13(2)21(14-4-7-18-19(11-14)28-9-3-8-27-18)23-29(25,26)16-5-6-17-15(10-16)12-20(24)22-17/h4-7,10-11,13,21,23H,3,8-9,12H2,1-2H3,(H,22,24)/t21-/m1/s1. The molecule has 0 aliphatic carbocycles. The molecule has 0 saturated carbocycles. The van der Waals surface area contributed by atoms with Gasteiger partial charge in [0.1, 0.15) is 0 Å². The molecule has 2 aromatic carbocycles. The monoisotopic (exact) mass is 416 g/mol. The average molecular weight is 416 g/mol. The van der Waals surface area contributed by atoms with Gasteiger partial charge in [0.2, 0.25) is 15.9 Å². The van der Waals surface area contributed by atoms with Crippen molar-refractivity contribution < 1.29 is 22.7 Å². The molecule has 0 saturated heterocycles. The summed E-state index contributed by atoms with van der Waals surface area (Å²) in [5.74, 6) is 1.18. The van der Waals surface area contributed by atoms with Crippen molar-refractivity contribution >= 4 is 21.6 Å². The Morgan fingerprint density at radius 1 is 1.03 bits per heavy atom. The van der Waals surface area contributed by atoms with E-state index in [1.807, 2.05) is 32.0 Å². The molecule has 0 aromatic heterocycles. The Kier molecular flexibility index (Phi) is 5.23. The predicted octanol–water partition coefficient (Wildman–Crippen LogP) is 3.02. The molecular formula is C21H24N2O5S. The van der Waals surface area contributed by atoms with E-state index < -0.39 is 16.1 Å². The van der Waals surface area contributed by atoms with Crippen molar-refractivity contribution in [3.05, 3.63) is 47.5 Å². The topological polar surface area (TPSA) is 93.7 Å². The van der Waals surface area contributed by atoms with Gasteiger partial charge in [0, 0.05) is 18.2 Å². The number of amides is 1. The molecule has 0 bridgehead atoms. The summed E-state index contributed by atoms with van der Waals surface area (Å²) >= 11 is 0. The van der Waals surface area contributed by atoms with E-state index in [9.17, 15) is 13.2 Å². The molecule has 2 aromatic rings. The number of anilines is 1. The zero-order chi connectivity index (χ0) is 20.6. The van der Waals surface area contributed by atoms with E-state index >= 15 is 0 Å². The normalized spacial score (nSPS) is 16.9. The fourth-order valence-corrected chi connectivity index (χ4v) is 4.99. The van der Waals surface area contributed by atoms with Crippen LogP contribution >= 0.6 is 0 Å². The third kappa shape index (κ3) is 4.09. The maximum atomic E-state index is 13.1. The number of hydrogen-bond acceptors (Lipinski definition) is 5. The number of fused-ring (bicyclic) bond motifs is 2. The summed E-state index contributed by atoms with van der Waals surface area (Å²) in [6.07, 6.45) is 0.994. The van der Waals surface area contributed by atoms with Crippen LogP contribution in [0.2, 0.25) is 0 Å². The number of carbonyl (C=O) groups is 1. The van der Waals surface area contributed by atoms with E-state index in [2.05, 4.69) is 10.0 Å². The molecule has 0 unspecified atom stereocenters. The number of hydrogen-bond donors (Lipinski definition) is 2. The fourth-order valence-electron chi connectivity index (χ4n) is 3.57. The molecule has 0 spiro atoms. The summed E-state index contributed by atoms with van der Waals surface area (Å²) < 4.78 is 40.4. The van der Waals surface area contributed by atoms with Crippen LogP contribution in [0.3, 0.4) is 0 Å². The molecule has 1 atom stereocenters.